The minimum Gasteiger partial charge on any atom is -0.438 e. The number of likely N-dealkylation sites (tertiary alicyclic amines) is 1. The highest BCUT2D eigenvalue weighted by Gasteiger charge is 2.15. The maximum Gasteiger partial charge on any atom is 0.228 e. The van der Waals surface area contributed by atoms with Crippen molar-refractivity contribution in [2.24, 2.45) is 0 Å². The summed E-state index contributed by atoms with van der Waals surface area (Å²) in [6.07, 6.45) is 5.88. The number of anilines is 3. The van der Waals surface area contributed by atoms with Gasteiger partial charge in [0.25, 0.3) is 0 Å². The first-order valence-corrected chi connectivity index (χ1v) is 14.4. The summed E-state index contributed by atoms with van der Waals surface area (Å²) in [5, 5.41) is 14.7. The van der Waals surface area contributed by atoms with Crippen LogP contribution in [0.1, 0.15) is 18.4 Å². The molecule has 0 saturated carbocycles. The van der Waals surface area contributed by atoms with Gasteiger partial charge < -0.3 is 15.8 Å². The first-order chi connectivity index (χ1) is 21.2. The van der Waals surface area contributed by atoms with Gasteiger partial charge in [-0.1, -0.05) is 48.5 Å². The number of rotatable bonds is 8. The van der Waals surface area contributed by atoms with E-state index in [1.165, 1.54) is 31.5 Å². The van der Waals surface area contributed by atoms with Gasteiger partial charge in [0.05, 0.1) is 11.3 Å². The SMILES string of the molecule is Nc1nccc(-c2cccnc2Oc2ccc(Nc3nnc(-c4ccc(CN5CCCC5)cc4)c4ccccc34)cc2)n1. The lowest BCUT2D eigenvalue weighted by molar-refractivity contribution is 0.331. The van der Waals surface area contributed by atoms with Crippen LogP contribution in [0.5, 0.6) is 11.6 Å². The number of hydrogen-bond donors (Lipinski definition) is 2. The third-order valence-electron chi connectivity index (χ3n) is 7.57. The Balaban J connectivity index is 1.10. The van der Waals surface area contributed by atoms with Gasteiger partial charge in [-0.05, 0) is 74.0 Å². The molecule has 4 heterocycles. The molecule has 0 aliphatic carbocycles. The lowest BCUT2D eigenvalue weighted by Crippen LogP contribution is -2.18. The number of nitrogen functional groups attached to an aromatic ring is 1. The molecule has 6 aromatic rings. The number of nitrogens with zero attached hydrogens (tertiary/aromatic N) is 6. The van der Waals surface area contributed by atoms with Crippen LogP contribution in [0.25, 0.3) is 33.3 Å². The molecule has 0 unspecified atom stereocenters. The van der Waals surface area contributed by atoms with Crippen LogP contribution >= 0.6 is 0 Å². The molecular weight excluding hydrogens is 536 g/mol. The number of fused-ring (bicyclic) bond motifs is 1. The number of nitrogens with one attached hydrogen (secondary N) is 1. The molecule has 3 aromatic heterocycles. The van der Waals surface area contributed by atoms with Gasteiger partial charge in [-0.2, -0.15) is 0 Å². The highest BCUT2D eigenvalue weighted by Crippen LogP contribution is 2.33. The van der Waals surface area contributed by atoms with Crippen molar-refractivity contribution in [3.05, 3.63) is 109 Å². The Bertz CT molecular complexity index is 1870. The monoisotopic (exact) mass is 566 g/mol. The zero-order chi connectivity index (χ0) is 29.0. The van der Waals surface area contributed by atoms with Crippen molar-refractivity contribution in [2.75, 3.05) is 24.1 Å². The molecule has 1 fully saturated rings. The minimum absolute atomic E-state index is 0.192. The van der Waals surface area contributed by atoms with Gasteiger partial charge in [0, 0.05) is 41.0 Å². The highest BCUT2D eigenvalue weighted by molar-refractivity contribution is 6.00. The van der Waals surface area contributed by atoms with Crippen LogP contribution in [0.15, 0.2) is 103 Å². The maximum atomic E-state index is 6.12. The van der Waals surface area contributed by atoms with Crippen molar-refractivity contribution in [1.29, 1.82) is 0 Å². The normalized spacial score (nSPS) is 13.3. The summed E-state index contributed by atoms with van der Waals surface area (Å²) in [6, 6.07) is 30.0. The lowest BCUT2D eigenvalue weighted by atomic mass is 10.0. The average Bonchev–Trinajstić information content (AvgIpc) is 3.56. The second-order valence-corrected chi connectivity index (χ2v) is 10.5. The molecule has 0 atom stereocenters. The van der Waals surface area contributed by atoms with Gasteiger partial charge in [0.2, 0.25) is 11.8 Å². The molecule has 1 aliphatic rings. The van der Waals surface area contributed by atoms with E-state index >= 15 is 0 Å². The Morgan fingerprint density at radius 2 is 1.56 bits per heavy atom. The fraction of sp³-hybridized carbons (Fsp3) is 0.147. The van der Waals surface area contributed by atoms with Crippen molar-refractivity contribution in [3.63, 3.8) is 0 Å². The van der Waals surface area contributed by atoms with Crippen molar-refractivity contribution < 1.29 is 4.74 Å². The van der Waals surface area contributed by atoms with E-state index in [2.05, 4.69) is 71.8 Å². The molecule has 1 aliphatic heterocycles. The summed E-state index contributed by atoms with van der Waals surface area (Å²) in [5.41, 5.74) is 11.3. The van der Waals surface area contributed by atoms with Crippen LogP contribution in [-0.4, -0.2) is 43.1 Å². The topological polar surface area (TPSA) is 115 Å². The predicted octanol–water partition coefficient (Wildman–Crippen LogP) is 6.86. The summed E-state index contributed by atoms with van der Waals surface area (Å²) in [6.45, 7) is 3.37. The van der Waals surface area contributed by atoms with Crippen LogP contribution in [0.2, 0.25) is 0 Å². The molecular formula is C34H30N8O. The lowest BCUT2D eigenvalue weighted by Gasteiger charge is -2.15. The molecule has 43 heavy (non-hydrogen) atoms. The van der Waals surface area contributed by atoms with Gasteiger partial charge in [0.15, 0.2) is 5.82 Å². The van der Waals surface area contributed by atoms with E-state index in [9.17, 15) is 0 Å². The van der Waals surface area contributed by atoms with Crippen molar-refractivity contribution in [1.82, 2.24) is 30.0 Å². The molecule has 9 heteroatoms. The molecule has 1 saturated heterocycles. The van der Waals surface area contributed by atoms with E-state index < -0.39 is 0 Å². The zero-order valence-corrected chi connectivity index (χ0v) is 23.5. The van der Waals surface area contributed by atoms with Crippen LogP contribution < -0.4 is 15.8 Å². The largest absolute Gasteiger partial charge is 0.438 e. The third kappa shape index (κ3) is 5.84. The van der Waals surface area contributed by atoms with Crippen LogP contribution in [0.3, 0.4) is 0 Å². The first-order valence-electron chi connectivity index (χ1n) is 14.4. The summed E-state index contributed by atoms with van der Waals surface area (Å²) in [5.74, 6) is 1.94. The Morgan fingerprint density at radius 1 is 0.767 bits per heavy atom. The standard InChI is InChI=1S/C34H30N8O/c35-34-37-19-17-30(39-34)29-8-5-18-36-33(29)43-26-15-13-25(14-16-26)38-32-28-7-2-1-6-27(28)31(40-41-32)24-11-9-23(10-12-24)22-42-20-3-4-21-42/h1-2,5-19H,3-4,20-22H2,(H,38,41)(H2,35,37,39). The molecule has 9 nitrogen and oxygen atoms in total. The van der Waals surface area contributed by atoms with Gasteiger partial charge in [-0.15, -0.1) is 10.2 Å². The summed E-state index contributed by atoms with van der Waals surface area (Å²) >= 11 is 0. The smallest absolute Gasteiger partial charge is 0.228 e. The molecule has 212 valence electrons. The number of pyridine rings is 1. The van der Waals surface area contributed by atoms with E-state index in [0.717, 1.165) is 39.8 Å². The molecule has 7 rings (SSSR count). The average molecular weight is 567 g/mol. The molecule has 0 bridgehead atoms. The van der Waals surface area contributed by atoms with Crippen molar-refractivity contribution >= 4 is 28.2 Å². The summed E-state index contributed by atoms with van der Waals surface area (Å²) < 4.78 is 6.12. The van der Waals surface area contributed by atoms with E-state index in [-0.39, 0.29) is 5.95 Å². The van der Waals surface area contributed by atoms with Crippen molar-refractivity contribution in [3.8, 4) is 34.1 Å². The number of nitrogens with two attached hydrogens (primary N) is 1. The molecule has 3 N–H and O–H groups in total. The van der Waals surface area contributed by atoms with Crippen LogP contribution in [-0.2, 0) is 6.54 Å². The third-order valence-corrected chi connectivity index (χ3v) is 7.57. The van der Waals surface area contributed by atoms with Crippen LogP contribution in [0, 0.1) is 0 Å². The Kier molecular flexibility index (Phi) is 7.29. The second kappa shape index (κ2) is 11.8. The highest BCUT2D eigenvalue weighted by atomic mass is 16.5. The van der Waals surface area contributed by atoms with Crippen molar-refractivity contribution in [2.45, 2.75) is 19.4 Å². The Hall–Kier alpha value is -5.41. The maximum absolute atomic E-state index is 6.12. The first kappa shape index (κ1) is 26.5. The minimum atomic E-state index is 0.192. The quantitative estimate of drug-likeness (QED) is 0.204. The Morgan fingerprint density at radius 3 is 2.35 bits per heavy atom. The molecule has 3 aromatic carbocycles. The summed E-state index contributed by atoms with van der Waals surface area (Å²) in [7, 11) is 0. The number of hydrogen-bond acceptors (Lipinski definition) is 9. The number of aromatic nitrogens is 5. The number of ether oxygens (including phenoxy) is 1. The fourth-order valence-corrected chi connectivity index (χ4v) is 5.42. The van der Waals surface area contributed by atoms with E-state index in [0.29, 0.717) is 23.1 Å². The second-order valence-electron chi connectivity index (χ2n) is 10.5. The van der Waals surface area contributed by atoms with E-state index in [1.807, 2.05) is 48.5 Å². The van der Waals surface area contributed by atoms with Gasteiger partial charge in [0.1, 0.15) is 11.4 Å². The Labute approximate surface area is 249 Å². The molecule has 0 amide bonds. The number of benzene rings is 3. The van der Waals surface area contributed by atoms with E-state index in [4.69, 9.17) is 10.5 Å². The van der Waals surface area contributed by atoms with Gasteiger partial charge in [-0.3, -0.25) is 4.90 Å². The predicted molar refractivity (Wildman–Crippen MR) is 169 cm³/mol. The summed E-state index contributed by atoms with van der Waals surface area (Å²) in [4.78, 5) is 15.2. The van der Waals surface area contributed by atoms with Gasteiger partial charge >= 0.3 is 0 Å². The molecule has 0 spiro atoms. The molecule has 0 radical (unpaired) electrons. The fourth-order valence-electron chi connectivity index (χ4n) is 5.42. The van der Waals surface area contributed by atoms with Crippen LogP contribution in [0.4, 0.5) is 17.5 Å². The van der Waals surface area contributed by atoms with E-state index in [1.54, 1.807) is 18.5 Å². The zero-order valence-electron chi connectivity index (χ0n) is 23.5. The van der Waals surface area contributed by atoms with Gasteiger partial charge in [-0.25, -0.2) is 15.0 Å².